The molecule has 0 N–H and O–H groups in total. The fourth-order valence-corrected chi connectivity index (χ4v) is 6.04. The van der Waals surface area contributed by atoms with E-state index in [-0.39, 0.29) is 26.9 Å². The Bertz CT molecular complexity index is 197. The Labute approximate surface area is 190 Å². The maximum absolute atomic E-state index is 7.49. The largest absolute Gasteiger partial charge is 0.197 e. The molecule has 1 nitrogen and oxygen atoms in total. The van der Waals surface area contributed by atoms with Gasteiger partial charge in [-0.3, -0.25) is 0 Å². The standard InChI is InChI=1S/3C6H15P.C2H2ClN.W/c3*1-4-7(5-2)6-3;3-1-2-4;/h3*4-6H2,1-3H3;1H2;. The number of nitriles is 1. The molecule has 0 aromatic heterocycles. The molecule has 0 amide bonds. The molecule has 0 saturated heterocycles. The molecule has 0 fully saturated rings. The molecule has 0 saturated carbocycles. The summed E-state index contributed by atoms with van der Waals surface area (Å²) in [6.07, 6.45) is 12.8. The topological polar surface area (TPSA) is 23.8 Å². The van der Waals surface area contributed by atoms with Crippen molar-refractivity contribution >= 4 is 35.4 Å². The summed E-state index contributed by atoms with van der Waals surface area (Å²) in [5, 5.41) is 7.49. The van der Waals surface area contributed by atoms with Crippen molar-refractivity contribution in [3.8, 4) is 6.07 Å². The predicted molar refractivity (Wildman–Crippen MR) is 132 cm³/mol. The minimum absolute atomic E-state index is 0. The fourth-order valence-electron chi connectivity index (χ4n) is 2.01. The van der Waals surface area contributed by atoms with Crippen molar-refractivity contribution in [2.24, 2.45) is 0 Å². The van der Waals surface area contributed by atoms with Gasteiger partial charge in [0.05, 0.1) is 6.07 Å². The molecule has 0 aliphatic carbocycles. The first-order valence-electron chi connectivity index (χ1n) is 10.1. The normalized spacial score (nSPS) is 9.08. The van der Waals surface area contributed by atoms with Crippen LogP contribution in [0.1, 0.15) is 62.3 Å². The first-order valence-corrected chi connectivity index (χ1v) is 16.3. The molecule has 0 aromatic rings. The van der Waals surface area contributed by atoms with Crippen molar-refractivity contribution in [2.75, 3.05) is 61.3 Å². The van der Waals surface area contributed by atoms with E-state index in [0.29, 0.717) is 23.8 Å². The summed E-state index contributed by atoms with van der Waals surface area (Å²) in [6.45, 7) is 20.6. The predicted octanol–water partition coefficient (Wildman–Crippen LogP) is 8.33. The Balaban J connectivity index is -0.0000000759. The van der Waals surface area contributed by atoms with Crippen LogP contribution in [-0.4, -0.2) is 61.3 Å². The number of hydrogen-bond donors (Lipinski definition) is 0. The van der Waals surface area contributed by atoms with Crippen molar-refractivity contribution in [3.63, 3.8) is 0 Å². The van der Waals surface area contributed by atoms with Gasteiger partial charge in [-0.05, 0) is 55.5 Å². The molecule has 6 heteroatoms. The van der Waals surface area contributed by atoms with Crippen LogP contribution in [0, 0.1) is 11.3 Å². The van der Waals surface area contributed by atoms with Gasteiger partial charge in [0.2, 0.25) is 0 Å². The molecule has 26 heavy (non-hydrogen) atoms. The molecule has 0 atom stereocenters. The molecular formula is C20H47ClNP3W. The van der Waals surface area contributed by atoms with Crippen LogP contribution in [-0.2, 0) is 21.1 Å². The molecule has 0 aliphatic heterocycles. The third-order valence-electron chi connectivity index (χ3n) is 4.08. The van der Waals surface area contributed by atoms with Crippen molar-refractivity contribution in [3.05, 3.63) is 0 Å². The summed E-state index contributed by atoms with van der Waals surface area (Å²) in [5.74, 6) is 0.0972. The second kappa shape index (κ2) is 37.5. The van der Waals surface area contributed by atoms with E-state index in [9.17, 15) is 0 Å². The Hall–Kier alpha value is 1.76. The minimum atomic E-state index is 0. The summed E-state index contributed by atoms with van der Waals surface area (Å²) in [7, 11) is 1.34. The molecule has 0 aliphatic rings. The number of rotatable bonds is 9. The van der Waals surface area contributed by atoms with Gasteiger partial charge in [-0.25, -0.2) is 0 Å². The molecule has 160 valence electrons. The zero-order chi connectivity index (χ0) is 20.5. The van der Waals surface area contributed by atoms with E-state index in [4.69, 9.17) is 16.9 Å². The maximum atomic E-state index is 7.49. The van der Waals surface area contributed by atoms with Gasteiger partial charge in [-0.2, -0.15) is 5.26 Å². The van der Waals surface area contributed by atoms with Crippen LogP contribution in [0.25, 0.3) is 0 Å². The molecule has 0 bridgehead atoms. The van der Waals surface area contributed by atoms with Crippen LogP contribution >= 0.6 is 35.4 Å². The molecule has 0 heterocycles. The van der Waals surface area contributed by atoms with Gasteiger partial charge < -0.3 is 0 Å². The Kier molecular flexibility index (Phi) is 55.3. The molecule has 0 spiro atoms. The molecule has 0 rings (SSSR count). The van der Waals surface area contributed by atoms with Gasteiger partial charge in [-0.15, -0.1) is 35.4 Å². The second-order valence-electron chi connectivity index (χ2n) is 5.15. The van der Waals surface area contributed by atoms with Gasteiger partial charge >= 0.3 is 0 Å². The van der Waals surface area contributed by atoms with Gasteiger partial charge in [0, 0.05) is 21.1 Å². The maximum Gasteiger partial charge on any atom is 0.109 e. The van der Waals surface area contributed by atoms with E-state index in [1.807, 2.05) is 0 Å². The van der Waals surface area contributed by atoms with Crippen LogP contribution in [0.3, 0.4) is 0 Å². The number of halogens is 1. The Morgan fingerprint density at radius 3 is 0.654 bits per heavy atom. The number of alkyl halides is 1. The van der Waals surface area contributed by atoms with Crippen LogP contribution < -0.4 is 0 Å². The van der Waals surface area contributed by atoms with E-state index >= 15 is 0 Å². The van der Waals surface area contributed by atoms with E-state index < -0.39 is 0 Å². The monoisotopic (exact) mass is 613 g/mol. The Morgan fingerprint density at radius 1 is 0.538 bits per heavy atom. The van der Waals surface area contributed by atoms with Crippen molar-refractivity contribution < 1.29 is 21.1 Å². The second-order valence-corrected chi connectivity index (χ2v) is 15.1. The number of nitrogens with zero attached hydrogens (tertiary/aromatic N) is 1. The van der Waals surface area contributed by atoms with Gasteiger partial charge in [-0.1, -0.05) is 62.3 Å². The smallest absolute Gasteiger partial charge is 0.109 e. The van der Waals surface area contributed by atoms with Gasteiger partial charge in [0.25, 0.3) is 0 Å². The molecule has 0 unspecified atom stereocenters. The zero-order valence-electron chi connectivity index (χ0n) is 19.1. The van der Waals surface area contributed by atoms with E-state index in [1.54, 1.807) is 6.07 Å². The molecule has 0 aromatic carbocycles. The minimum Gasteiger partial charge on any atom is -0.197 e. The van der Waals surface area contributed by atoms with Crippen LogP contribution in [0.2, 0.25) is 0 Å². The summed E-state index contributed by atoms with van der Waals surface area (Å²) >= 11 is 4.82. The molecule has 0 radical (unpaired) electrons. The average molecular weight is 614 g/mol. The summed E-state index contributed by atoms with van der Waals surface area (Å²) in [4.78, 5) is 0. The third-order valence-corrected chi connectivity index (χ3v) is 12.3. The Morgan fingerprint density at radius 2 is 0.654 bits per heavy atom. The molecular weight excluding hydrogens is 566 g/mol. The summed E-state index contributed by atoms with van der Waals surface area (Å²) in [6, 6.07) is 1.70. The van der Waals surface area contributed by atoms with Crippen LogP contribution in [0.5, 0.6) is 0 Å². The quantitative estimate of drug-likeness (QED) is 0.190. The average Bonchev–Trinajstić information content (AvgIpc) is 2.67. The van der Waals surface area contributed by atoms with Crippen LogP contribution in [0.15, 0.2) is 0 Å². The fraction of sp³-hybridized carbons (Fsp3) is 0.950. The summed E-state index contributed by atoms with van der Waals surface area (Å²) < 4.78 is 0. The first-order chi connectivity index (χ1) is 12.0. The van der Waals surface area contributed by atoms with Gasteiger partial charge in [0.15, 0.2) is 0 Å². The van der Waals surface area contributed by atoms with E-state index in [2.05, 4.69) is 62.3 Å². The SMILES string of the molecule is CCP(CC)CC.CCP(CC)CC.CCP(CC)CC.N#CCCl.[W]. The van der Waals surface area contributed by atoms with Crippen molar-refractivity contribution in [1.82, 2.24) is 0 Å². The van der Waals surface area contributed by atoms with Crippen molar-refractivity contribution in [2.45, 2.75) is 62.3 Å². The zero-order valence-corrected chi connectivity index (χ0v) is 25.5. The number of hydrogen-bond acceptors (Lipinski definition) is 1. The third kappa shape index (κ3) is 36.6. The van der Waals surface area contributed by atoms with Crippen LogP contribution in [0.4, 0.5) is 0 Å². The van der Waals surface area contributed by atoms with E-state index in [1.165, 1.54) is 55.5 Å². The van der Waals surface area contributed by atoms with Crippen molar-refractivity contribution in [1.29, 1.82) is 5.26 Å². The van der Waals surface area contributed by atoms with E-state index in [0.717, 1.165) is 0 Å². The first kappa shape index (κ1) is 38.4. The summed E-state index contributed by atoms with van der Waals surface area (Å²) in [5.41, 5.74) is 0. The van der Waals surface area contributed by atoms with Gasteiger partial charge in [0.1, 0.15) is 5.88 Å².